The van der Waals surface area contributed by atoms with Crippen LogP contribution in [0.3, 0.4) is 0 Å². The van der Waals surface area contributed by atoms with Crippen LogP contribution in [0, 0.1) is 11.8 Å². The van der Waals surface area contributed by atoms with Gasteiger partial charge in [0.15, 0.2) is 5.82 Å². The summed E-state index contributed by atoms with van der Waals surface area (Å²) in [6, 6.07) is 11.1. The number of hydrogen-bond acceptors (Lipinski definition) is 9. The van der Waals surface area contributed by atoms with Crippen LogP contribution < -0.4 is 21.3 Å². The average molecular weight is 431 g/mol. The highest BCUT2D eigenvalue weighted by atomic mass is 16.3. The third-order valence-electron chi connectivity index (χ3n) is 5.52. The zero-order valence-corrected chi connectivity index (χ0v) is 17.9. The van der Waals surface area contributed by atoms with Gasteiger partial charge in [-0.05, 0) is 43.5 Å². The first-order valence-electron chi connectivity index (χ1n) is 10.5. The van der Waals surface area contributed by atoms with E-state index in [-0.39, 0.29) is 18.3 Å². The van der Waals surface area contributed by atoms with Crippen molar-refractivity contribution in [2.75, 3.05) is 41.7 Å². The number of aromatic hydroxyl groups is 1. The van der Waals surface area contributed by atoms with Crippen LogP contribution >= 0.6 is 0 Å². The Morgan fingerprint density at radius 3 is 2.81 bits per heavy atom. The smallest absolute Gasteiger partial charge is 0.206 e. The van der Waals surface area contributed by atoms with Crippen molar-refractivity contribution in [2.45, 2.75) is 19.4 Å². The summed E-state index contributed by atoms with van der Waals surface area (Å²) in [6.07, 6.45) is 2.63. The molecule has 9 heteroatoms. The fourth-order valence-corrected chi connectivity index (χ4v) is 3.81. The van der Waals surface area contributed by atoms with Gasteiger partial charge in [0.2, 0.25) is 5.82 Å². The van der Waals surface area contributed by atoms with Crippen molar-refractivity contribution < 1.29 is 5.11 Å². The topological polar surface area (TPSA) is 130 Å². The number of nitrogens with two attached hydrogens (primary N) is 2. The first-order valence-corrected chi connectivity index (χ1v) is 10.5. The van der Waals surface area contributed by atoms with Gasteiger partial charge in [0, 0.05) is 37.4 Å². The Labute approximate surface area is 187 Å². The molecule has 0 bridgehead atoms. The number of benzene rings is 1. The van der Waals surface area contributed by atoms with Gasteiger partial charge in [-0.3, -0.25) is 0 Å². The first kappa shape index (κ1) is 21.3. The predicted molar refractivity (Wildman–Crippen MR) is 125 cm³/mol. The van der Waals surface area contributed by atoms with E-state index in [1.165, 1.54) is 0 Å². The number of hydrogen-bond donors (Lipinski definition) is 3. The van der Waals surface area contributed by atoms with E-state index >= 15 is 0 Å². The molecule has 3 heterocycles. The van der Waals surface area contributed by atoms with Gasteiger partial charge >= 0.3 is 0 Å². The predicted octanol–water partition coefficient (Wildman–Crippen LogP) is 1.64. The Hall–Kier alpha value is -3.90. The van der Waals surface area contributed by atoms with Crippen molar-refractivity contribution in [2.24, 2.45) is 5.73 Å². The number of nitrogen functional groups attached to an aromatic ring is 1. The summed E-state index contributed by atoms with van der Waals surface area (Å²) in [5.41, 5.74) is 13.7. The molecule has 1 aliphatic heterocycles. The summed E-state index contributed by atoms with van der Waals surface area (Å²) < 4.78 is 0. The molecule has 1 saturated heterocycles. The van der Waals surface area contributed by atoms with E-state index in [1.807, 2.05) is 24.3 Å². The molecule has 1 aromatic carbocycles. The van der Waals surface area contributed by atoms with Gasteiger partial charge in [-0.15, -0.1) is 10.2 Å². The minimum absolute atomic E-state index is 0.158. The average Bonchev–Trinajstić information content (AvgIpc) is 3.00. The Morgan fingerprint density at radius 1 is 1.16 bits per heavy atom. The molecule has 4 rings (SSSR count). The van der Waals surface area contributed by atoms with Gasteiger partial charge in [-0.25, -0.2) is 9.97 Å². The number of rotatable bonds is 3. The van der Waals surface area contributed by atoms with E-state index in [4.69, 9.17) is 11.5 Å². The molecule has 5 N–H and O–H groups in total. The molecule has 0 saturated carbocycles. The van der Waals surface area contributed by atoms with E-state index in [2.05, 4.69) is 48.7 Å². The van der Waals surface area contributed by atoms with Crippen LogP contribution in [0.1, 0.15) is 19.2 Å². The molecule has 2 aromatic heterocycles. The molecular weight excluding hydrogens is 404 g/mol. The summed E-state index contributed by atoms with van der Waals surface area (Å²) in [4.78, 5) is 13.3. The Morgan fingerprint density at radius 2 is 2.00 bits per heavy atom. The summed E-state index contributed by atoms with van der Waals surface area (Å²) in [6.45, 7) is 4.73. The first-order chi connectivity index (χ1) is 15.6. The van der Waals surface area contributed by atoms with Crippen LogP contribution in [0.5, 0.6) is 5.75 Å². The molecule has 9 nitrogen and oxygen atoms in total. The Kier molecular flexibility index (Phi) is 6.33. The standard InChI is InChI=1S/C23H26N8O/c1-16-9-12-30(13-14-31(16)22-8-11-26-21(27-22)7-4-10-24)19-15-18(28-29-23(19)25)17-5-2-3-6-20(17)32/h2-3,5-6,8,11,15-16,32H,9-10,12-14,24H2,1H3,(H2,25,29). The molecule has 32 heavy (non-hydrogen) atoms. The van der Waals surface area contributed by atoms with Crippen molar-refractivity contribution in [3.05, 3.63) is 48.4 Å². The Balaban J connectivity index is 1.58. The van der Waals surface area contributed by atoms with Crippen LogP contribution in [0.15, 0.2) is 42.6 Å². The zero-order chi connectivity index (χ0) is 22.5. The van der Waals surface area contributed by atoms with Crippen molar-refractivity contribution in [3.8, 4) is 28.8 Å². The molecule has 3 aromatic rings. The highest BCUT2D eigenvalue weighted by Crippen LogP contribution is 2.32. The minimum atomic E-state index is 0.158. The van der Waals surface area contributed by atoms with Gasteiger partial charge in [-0.1, -0.05) is 18.1 Å². The second-order valence-electron chi connectivity index (χ2n) is 7.58. The number of nitrogens with zero attached hydrogens (tertiary/aromatic N) is 6. The number of aromatic nitrogens is 4. The second kappa shape index (κ2) is 9.49. The normalized spacial score (nSPS) is 16.2. The quantitative estimate of drug-likeness (QED) is 0.531. The van der Waals surface area contributed by atoms with Crippen LogP contribution in [-0.4, -0.2) is 57.5 Å². The number of anilines is 3. The SMILES string of the molecule is CC1CCN(c2cc(-c3ccccc3O)nnc2N)CCN1c1ccnc(C#CCN)n1. The largest absolute Gasteiger partial charge is 0.507 e. The third-order valence-corrected chi connectivity index (χ3v) is 5.52. The van der Waals surface area contributed by atoms with Gasteiger partial charge in [0.25, 0.3) is 0 Å². The Bertz CT molecular complexity index is 1160. The fourth-order valence-electron chi connectivity index (χ4n) is 3.81. The number of phenolic OH excluding ortho intramolecular Hbond substituents is 1. The van der Waals surface area contributed by atoms with Crippen molar-refractivity contribution in [1.82, 2.24) is 20.2 Å². The lowest BCUT2D eigenvalue weighted by atomic mass is 10.1. The van der Waals surface area contributed by atoms with Crippen molar-refractivity contribution in [3.63, 3.8) is 0 Å². The van der Waals surface area contributed by atoms with Gasteiger partial charge < -0.3 is 26.4 Å². The van der Waals surface area contributed by atoms with Crippen LogP contribution in [0.2, 0.25) is 0 Å². The maximum atomic E-state index is 10.2. The van der Waals surface area contributed by atoms with E-state index in [0.29, 0.717) is 22.9 Å². The molecular formula is C23H26N8O. The van der Waals surface area contributed by atoms with E-state index in [0.717, 1.165) is 37.6 Å². The lowest BCUT2D eigenvalue weighted by molar-refractivity contribution is 0.477. The van der Waals surface area contributed by atoms with Crippen LogP contribution in [-0.2, 0) is 0 Å². The summed E-state index contributed by atoms with van der Waals surface area (Å²) >= 11 is 0. The molecule has 1 atom stereocenters. The molecule has 0 radical (unpaired) electrons. The molecule has 0 amide bonds. The summed E-state index contributed by atoms with van der Waals surface area (Å²) in [5, 5.41) is 18.5. The lowest BCUT2D eigenvalue weighted by Gasteiger charge is -2.28. The minimum Gasteiger partial charge on any atom is -0.507 e. The lowest BCUT2D eigenvalue weighted by Crippen LogP contribution is -2.35. The van der Waals surface area contributed by atoms with E-state index in [1.54, 1.807) is 18.3 Å². The highest BCUT2D eigenvalue weighted by molar-refractivity contribution is 5.74. The van der Waals surface area contributed by atoms with Gasteiger partial charge in [-0.2, -0.15) is 0 Å². The molecule has 1 aliphatic rings. The van der Waals surface area contributed by atoms with E-state index in [9.17, 15) is 5.11 Å². The molecule has 0 aliphatic carbocycles. The monoisotopic (exact) mass is 430 g/mol. The van der Waals surface area contributed by atoms with Crippen LogP contribution in [0.25, 0.3) is 11.3 Å². The number of para-hydroxylation sites is 1. The van der Waals surface area contributed by atoms with Gasteiger partial charge in [0.05, 0.1) is 17.9 Å². The van der Waals surface area contributed by atoms with Gasteiger partial charge in [0.1, 0.15) is 11.6 Å². The number of phenols is 1. The highest BCUT2D eigenvalue weighted by Gasteiger charge is 2.24. The van der Waals surface area contributed by atoms with E-state index < -0.39 is 0 Å². The molecule has 0 spiro atoms. The van der Waals surface area contributed by atoms with Crippen molar-refractivity contribution in [1.29, 1.82) is 0 Å². The molecule has 1 fully saturated rings. The molecule has 1 unspecified atom stereocenters. The maximum Gasteiger partial charge on any atom is 0.206 e. The second-order valence-corrected chi connectivity index (χ2v) is 7.58. The van der Waals surface area contributed by atoms with Crippen LogP contribution in [0.4, 0.5) is 17.3 Å². The molecule has 164 valence electrons. The van der Waals surface area contributed by atoms with Crippen molar-refractivity contribution >= 4 is 17.3 Å². The third kappa shape index (κ3) is 4.55. The maximum absolute atomic E-state index is 10.2. The fraction of sp³-hybridized carbons (Fsp3) is 0.304. The summed E-state index contributed by atoms with van der Waals surface area (Å²) in [5.74, 6) is 7.53. The summed E-state index contributed by atoms with van der Waals surface area (Å²) in [7, 11) is 0. The zero-order valence-electron chi connectivity index (χ0n) is 17.9.